The van der Waals surface area contributed by atoms with Gasteiger partial charge in [0.05, 0.1) is 19.8 Å². The highest BCUT2D eigenvalue weighted by atomic mass is 19.1. The van der Waals surface area contributed by atoms with E-state index in [1.54, 1.807) is 19.1 Å². The minimum atomic E-state index is -1.19. The number of guanidine groups is 1. The van der Waals surface area contributed by atoms with E-state index < -0.39 is 5.60 Å². The van der Waals surface area contributed by atoms with Crippen LogP contribution in [0.4, 0.5) is 4.39 Å². The van der Waals surface area contributed by atoms with Crippen molar-refractivity contribution in [3.63, 3.8) is 0 Å². The van der Waals surface area contributed by atoms with Crippen LogP contribution in [-0.2, 0) is 10.3 Å². The first-order chi connectivity index (χ1) is 11.5. The molecule has 1 aliphatic heterocycles. The topological polar surface area (TPSA) is 83.1 Å². The fourth-order valence-electron chi connectivity index (χ4n) is 2.54. The van der Waals surface area contributed by atoms with Crippen molar-refractivity contribution in [2.45, 2.75) is 18.9 Å². The van der Waals surface area contributed by atoms with Gasteiger partial charge in [0.2, 0.25) is 0 Å². The van der Waals surface area contributed by atoms with Crippen molar-refractivity contribution in [3.8, 4) is 0 Å². The first kappa shape index (κ1) is 18.6. The molecule has 1 fully saturated rings. The van der Waals surface area contributed by atoms with E-state index in [1.165, 1.54) is 12.1 Å². The summed E-state index contributed by atoms with van der Waals surface area (Å²) in [6, 6.07) is 5.75. The molecule has 0 amide bonds. The molecule has 0 bridgehead atoms. The number of aliphatic imine (C=N–C) groups is 1. The number of aliphatic hydroxyl groups is 1. The Morgan fingerprint density at radius 3 is 2.71 bits per heavy atom. The van der Waals surface area contributed by atoms with E-state index in [1.807, 2.05) is 0 Å². The second-order valence-electron chi connectivity index (χ2n) is 6.22. The lowest BCUT2D eigenvalue weighted by atomic mass is 9.96. The van der Waals surface area contributed by atoms with E-state index in [9.17, 15) is 9.50 Å². The molecule has 0 aliphatic carbocycles. The molecule has 1 aromatic rings. The van der Waals surface area contributed by atoms with Crippen LogP contribution in [0.25, 0.3) is 0 Å². The third-order valence-electron chi connectivity index (χ3n) is 4.08. The van der Waals surface area contributed by atoms with Crippen LogP contribution in [0.3, 0.4) is 0 Å². The van der Waals surface area contributed by atoms with Gasteiger partial charge in [-0.15, -0.1) is 0 Å². The van der Waals surface area contributed by atoms with Crippen molar-refractivity contribution in [1.82, 2.24) is 10.2 Å². The van der Waals surface area contributed by atoms with Gasteiger partial charge in [0.25, 0.3) is 0 Å². The van der Waals surface area contributed by atoms with Crippen LogP contribution in [0.1, 0.15) is 18.9 Å². The van der Waals surface area contributed by atoms with Gasteiger partial charge < -0.3 is 20.9 Å². The normalized spacial score (nSPS) is 19.0. The lowest BCUT2D eigenvalue weighted by molar-refractivity contribution is 0.0376. The Hall–Kier alpha value is -1.70. The van der Waals surface area contributed by atoms with Crippen LogP contribution in [0.5, 0.6) is 0 Å². The lowest BCUT2D eigenvalue weighted by Gasteiger charge is -2.26. The molecule has 0 saturated carbocycles. The Morgan fingerprint density at radius 2 is 2.04 bits per heavy atom. The largest absolute Gasteiger partial charge is 0.384 e. The zero-order valence-corrected chi connectivity index (χ0v) is 14.2. The molecule has 1 aliphatic rings. The second kappa shape index (κ2) is 8.96. The van der Waals surface area contributed by atoms with Crippen molar-refractivity contribution in [1.29, 1.82) is 0 Å². The summed E-state index contributed by atoms with van der Waals surface area (Å²) in [6.07, 6.45) is 0.963. The predicted molar refractivity (Wildman–Crippen MR) is 92.3 cm³/mol. The number of benzene rings is 1. The highest BCUT2D eigenvalue weighted by Gasteiger charge is 2.22. The summed E-state index contributed by atoms with van der Waals surface area (Å²) in [5.74, 6) is -0.0288. The van der Waals surface area contributed by atoms with Gasteiger partial charge in [0, 0.05) is 19.6 Å². The molecule has 1 unspecified atom stereocenters. The molecule has 1 atom stereocenters. The minimum absolute atomic E-state index is 0.112. The second-order valence-corrected chi connectivity index (χ2v) is 6.22. The zero-order valence-electron chi connectivity index (χ0n) is 14.2. The highest BCUT2D eigenvalue weighted by molar-refractivity contribution is 5.77. The van der Waals surface area contributed by atoms with Gasteiger partial charge in [-0.05, 0) is 37.6 Å². The van der Waals surface area contributed by atoms with Gasteiger partial charge in [-0.2, -0.15) is 0 Å². The number of rotatable bonds is 7. The van der Waals surface area contributed by atoms with Crippen molar-refractivity contribution < 1.29 is 14.2 Å². The number of nitrogens with zero attached hydrogens (tertiary/aromatic N) is 2. The molecular formula is C17H27FN4O2. The zero-order chi connectivity index (χ0) is 17.4. The molecular weight excluding hydrogens is 311 g/mol. The third kappa shape index (κ3) is 6.07. The van der Waals surface area contributed by atoms with E-state index in [0.29, 0.717) is 11.5 Å². The van der Waals surface area contributed by atoms with Gasteiger partial charge >= 0.3 is 0 Å². The van der Waals surface area contributed by atoms with E-state index in [-0.39, 0.29) is 12.4 Å². The molecule has 1 aromatic carbocycles. The fourth-order valence-corrected chi connectivity index (χ4v) is 2.54. The van der Waals surface area contributed by atoms with Gasteiger partial charge in [0.1, 0.15) is 11.4 Å². The Morgan fingerprint density at radius 1 is 1.38 bits per heavy atom. The summed E-state index contributed by atoms with van der Waals surface area (Å²) in [4.78, 5) is 6.54. The summed E-state index contributed by atoms with van der Waals surface area (Å²) < 4.78 is 18.3. The fraction of sp³-hybridized carbons (Fsp3) is 0.588. The van der Waals surface area contributed by atoms with Crippen molar-refractivity contribution in [2.75, 3.05) is 45.9 Å². The molecule has 0 aromatic heterocycles. The van der Waals surface area contributed by atoms with Crippen LogP contribution in [-0.4, -0.2) is 61.9 Å². The molecule has 4 N–H and O–H groups in total. The molecule has 1 saturated heterocycles. The smallest absolute Gasteiger partial charge is 0.188 e. The quantitative estimate of drug-likeness (QED) is 0.386. The molecule has 0 radical (unpaired) electrons. The number of morpholine rings is 1. The maximum Gasteiger partial charge on any atom is 0.188 e. The average molecular weight is 338 g/mol. The number of nitrogens with two attached hydrogens (primary N) is 1. The standard InChI is InChI=1S/C17H27FN4O2/c1-17(23,14-3-5-15(18)6-4-14)13-21-16(19)20-7-2-8-22-9-11-24-12-10-22/h3-6,23H,2,7-13H2,1H3,(H3,19,20,21). The van der Waals surface area contributed by atoms with Crippen LogP contribution in [0, 0.1) is 5.82 Å². The molecule has 0 spiro atoms. The van der Waals surface area contributed by atoms with E-state index in [2.05, 4.69) is 15.2 Å². The predicted octanol–water partition coefficient (Wildman–Crippen LogP) is 0.660. The highest BCUT2D eigenvalue weighted by Crippen LogP contribution is 2.21. The summed E-state index contributed by atoms with van der Waals surface area (Å²) in [6.45, 7) is 7.03. The molecule has 24 heavy (non-hydrogen) atoms. The molecule has 7 heteroatoms. The van der Waals surface area contributed by atoms with Crippen molar-refractivity contribution in [3.05, 3.63) is 35.6 Å². The summed E-state index contributed by atoms with van der Waals surface area (Å²) in [5.41, 5.74) is 5.25. The number of ether oxygens (including phenoxy) is 1. The molecule has 1 heterocycles. The van der Waals surface area contributed by atoms with Gasteiger partial charge in [-0.1, -0.05) is 12.1 Å². The number of hydrogen-bond donors (Lipinski definition) is 3. The number of halogens is 1. The van der Waals surface area contributed by atoms with Gasteiger partial charge in [-0.25, -0.2) is 4.39 Å². The monoisotopic (exact) mass is 338 g/mol. The van der Waals surface area contributed by atoms with E-state index >= 15 is 0 Å². The molecule has 6 nitrogen and oxygen atoms in total. The SMILES string of the molecule is CC(O)(CN=C(N)NCCCN1CCOCC1)c1ccc(F)cc1. The average Bonchev–Trinajstić information content (AvgIpc) is 2.58. The maximum absolute atomic E-state index is 12.9. The Balaban J connectivity index is 1.71. The summed E-state index contributed by atoms with van der Waals surface area (Å²) in [5, 5.41) is 13.5. The number of hydrogen-bond acceptors (Lipinski definition) is 4. The van der Waals surface area contributed by atoms with E-state index in [4.69, 9.17) is 10.5 Å². The summed E-state index contributed by atoms with van der Waals surface area (Å²) in [7, 11) is 0. The Kier molecular flexibility index (Phi) is 6.96. The third-order valence-corrected chi connectivity index (χ3v) is 4.08. The van der Waals surface area contributed by atoms with Crippen LogP contribution >= 0.6 is 0 Å². The van der Waals surface area contributed by atoms with E-state index in [0.717, 1.165) is 45.8 Å². The number of nitrogens with one attached hydrogen (secondary N) is 1. The van der Waals surface area contributed by atoms with Gasteiger partial charge in [-0.3, -0.25) is 9.89 Å². The van der Waals surface area contributed by atoms with Crippen molar-refractivity contribution in [2.24, 2.45) is 10.7 Å². The Bertz CT molecular complexity index is 528. The molecule has 2 rings (SSSR count). The first-order valence-corrected chi connectivity index (χ1v) is 8.30. The Labute approximate surface area is 142 Å². The molecule has 134 valence electrons. The van der Waals surface area contributed by atoms with Crippen LogP contribution in [0.15, 0.2) is 29.3 Å². The van der Waals surface area contributed by atoms with Gasteiger partial charge in [0.15, 0.2) is 5.96 Å². The maximum atomic E-state index is 12.9. The summed E-state index contributed by atoms with van der Waals surface area (Å²) >= 11 is 0. The minimum Gasteiger partial charge on any atom is -0.384 e. The van der Waals surface area contributed by atoms with Crippen LogP contribution < -0.4 is 11.1 Å². The first-order valence-electron chi connectivity index (χ1n) is 8.30. The van der Waals surface area contributed by atoms with Crippen LogP contribution in [0.2, 0.25) is 0 Å². The lowest BCUT2D eigenvalue weighted by Crippen LogP contribution is -2.39. The van der Waals surface area contributed by atoms with Crippen molar-refractivity contribution >= 4 is 5.96 Å².